The van der Waals surface area contributed by atoms with Gasteiger partial charge < -0.3 is 15.2 Å². The van der Waals surface area contributed by atoms with E-state index >= 15 is 0 Å². The number of nitrogen functional groups attached to an aromatic ring is 1. The molecule has 0 saturated heterocycles. The minimum absolute atomic E-state index is 0.0595. The Morgan fingerprint density at radius 2 is 2.20 bits per heavy atom. The zero-order valence-electron chi connectivity index (χ0n) is 10.8. The summed E-state index contributed by atoms with van der Waals surface area (Å²) in [6.07, 6.45) is 1.47. The molecule has 0 aliphatic heterocycles. The summed E-state index contributed by atoms with van der Waals surface area (Å²) in [7, 11) is 0. The molecule has 20 heavy (non-hydrogen) atoms. The first-order valence-corrected chi connectivity index (χ1v) is 5.97. The molecule has 6 heteroatoms. The van der Waals surface area contributed by atoms with Crippen LogP contribution in [0.15, 0.2) is 36.5 Å². The third kappa shape index (κ3) is 3.03. The van der Waals surface area contributed by atoms with E-state index in [1.54, 1.807) is 13.0 Å². The maximum Gasteiger partial charge on any atom is 0.343 e. The zero-order valence-corrected chi connectivity index (χ0v) is 10.8. The van der Waals surface area contributed by atoms with Crippen molar-refractivity contribution < 1.29 is 18.7 Å². The van der Waals surface area contributed by atoms with Crippen LogP contribution in [-0.4, -0.2) is 17.6 Å². The van der Waals surface area contributed by atoms with Crippen LogP contribution in [0.3, 0.4) is 0 Å². The Hall–Kier alpha value is -2.63. The lowest BCUT2D eigenvalue weighted by atomic mass is 10.2. The number of aromatic nitrogens is 1. The molecule has 0 bridgehead atoms. The van der Waals surface area contributed by atoms with Crippen LogP contribution < -0.4 is 10.5 Å². The number of nitrogens with zero attached hydrogens (tertiary/aromatic N) is 1. The van der Waals surface area contributed by atoms with E-state index in [-0.39, 0.29) is 29.5 Å². The van der Waals surface area contributed by atoms with Gasteiger partial charge in [-0.15, -0.1) is 0 Å². The summed E-state index contributed by atoms with van der Waals surface area (Å²) in [5.74, 6) is -0.738. The van der Waals surface area contributed by atoms with E-state index in [1.807, 2.05) is 0 Å². The van der Waals surface area contributed by atoms with Crippen molar-refractivity contribution in [2.24, 2.45) is 0 Å². The van der Waals surface area contributed by atoms with Gasteiger partial charge in [-0.1, -0.05) is 0 Å². The van der Waals surface area contributed by atoms with E-state index in [0.717, 1.165) is 6.07 Å². The number of hydrogen-bond acceptors (Lipinski definition) is 5. The Morgan fingerprint density at radius 1 is 1.40 bits per heavy atom. The van der Waals surface area contributed by atoms with Crippen molar-refractivity contribution in [3.8, 4) is 11.6 Å². The Morgan fingerprint density at radius 3 is 2.90 bits per heavy atom. The number of halogens is 1. The number of nitrogens with two attached hydrogens (primary N) is 1. The Bertz CT molecular complexity index is 632. The molecule has 0 amide bonds. The zero-order chi connectivity index (χ0) is 14.5. The minimum Gasteiger partial charge on any atom is -0.462 e. The summed E-state index contributed by atoms with van der Waals surface area (Å²) in [6.45, 7) is 1.94. The van der Waals surface area contributed by atoms with E-state index in [2.05, 4.69) is 4.98 Å². The molecule has 1 heterocycles. The SMILES string of the molecule is CCOC(=O)c1cccnc1Oc1ccc(F)cc1N. The molecular formula is C14H13FN2O3. The van der Waals surface area contributed by atoms with Gasteiger partial charge in [0.05, 0.1) is 12.3 Å². The van der Waals surface area contributed by atoms with Crippen LogP contribution in [0.2, 0.25) is 0 Å². The quantitative estimate of drug-likeness (QED) is 0.686. The fourth-order valence-corrected chi connectivity index (χ4v) is 1.55. The lowest BCUT2D eigenvalue weighted by Crippen LogP contribution is -2.07. The highest BCUT2D eigenvalue weighted by Crippen LogP contribution is 2.28. The average molecular weight is 276 g/mol. The molecule has 2 aromatic rings. The Kier molecular flexibility index (Phi) is 4.14. The number of benzene rings is 1. The summed E-state index contributed by atoms with van der Waals surface area (Å²) in [4.78, 5) is 15.7. The fraction of sp³-hybridized carbons (Fsp3) is 0.143. The van der Waals surface area contributed by atoms with Crippen LogP contribution in [0.5, 0.6) is 11.6 Å². The van der Waals surface area contributed by atoms with Crippen molar-refractivity contribution in [3.63, 3.8) is 0 Å². The molecule has 0 fully saturated rings. The Balaban J connectivity index is 2.31. The molecular weight excluding hydrogens is 263 g/mol. The lowest BCUT2D eigenvalue weighted by Gasteiger charge is -2.10. The van der Waals surface area contributed by atoms with Crippen LogP contribution in [0.1, 0.15) is 17.3 Å². The highest BCUT2D eigenvalue weighted by molar-refractivity contribution is 5.91. The van der Waals surface area contributed by atoms with Crippen LogP contribution >= 0.6 is 0 Å². The molecule has 1 aromatic carbocycles. The summed E-state index contributed by atoms with van der Waals surface area (Å²) < 4.78 is 23.3. The number of ether oxygens (including phenoxy) is 2. The second kappa shape index (κ2) is 6.01. The first-order valence-electron chi connectivity index (χ1n) is 5.97. The number of hydrogen-bond donors (Lipinski definition) is 1. The summed E-state index contributed by atoms with van der Waals surface area (Å²) in [5, 5.41) is 0. The molecule has 0 atom stereocenters. The second-order valence-electron chi connectivity index (χ2n) is 3.86. The van der Waals surface area contributed by atoms with Gasteiger partial charge in [-0.3, -0.25) is 0 Å². The molecule has 1 aromatic heterocycles. The van der Waals surface area contributed by atoms with Gasteiger partial charge in [0.15, 0.2) is 5.75 Å². The number of rotatable bonds is 4. The van der Waals surface area contributed by atoms with Gasteiger partial charge in [0.25, 0.3) is 0 Å². The van der Waals surface area contributed by atoms with Crippen molar-refractivity contribution in [1.29, 1.82) is 0 Å². The third-order valence-corrected chi connectivity index (χ3v) is 2.44. The molecule has 0 spiro atoms. The fourth-order valence-electron chi connectivity index (χ4n) is 1.55. The van der Waals surface area contributed by atoms with E-state index in [0.29, 0.717) is 0 Å². The number of carbonyl (C=O) groups excluding carboxylic acids is 1. The van der Waals surface area contributed by atoms with Gasteiger partial charge >= 0.3 is 5.97 Å². The van der Waals surface area contributed by atoms with E-state index in [9.17, 15) is 9.18 Å². The minimum atomic E-state index is -0.545. The second-order valence-corrected chi connectivity index (χ2v) is 3.86. The average Bonchev–Trinajstić information content (AvgIpc) is 2.43. The van der Waals surface area contributed by atoms with Gasteiger partial charge in [0.1, 0.15) is 11.4 Å². The van der Waals surface area contributed by atoms with Gasteiger partial charge in [0, 0.05) is 12.3 Å². The summed E-state index contributed by atoms with van der Waals surface area (Å²) in [5.41, 5.74) is 5.94. The monoisotopic (exact) mass is 276 g/mol. The highest BCUT2D eigenvalue weighted by atomic mass is 19.1. The molecule has 0 unspecified atom stereocenters. The van der Waals surface area contributed by atoms with Crippen LogP contribution in [0.25, 0.3) is 0 Å². The molecule has 0 radical (unpaired) electrons. The number of anilines is 1. The normalized spacial score (nSPS) is 10.1. The molecule has 2 rings (SSSR count). The predicted molar refractivity (Wildman–Crippen MR) is 71.1 cm³/mol. The van der Waals surface area contributed by atoms with E-state index < -0.39 is 11.8 Å². The first-order chi connectivity index (χ1) is 9.61. The standard InChI is InChI=1S/C14H13FN2O3/c1-2-19-14(18)10-4-3-7-17-13(10)20-12-6-5-9(15)8-11(12)16/h3-8H,2,16H2,1H3. The largest absolute Gasteiger partial charge is 0.462 e. The van der Waals surface area contributed by atoms with Crippen molar-refractivity contribution in [1.82, 2.24) is 4.98 Å². The number of pyridine rings is 1. The van der Waals surface area contributed by atoms with Gasteiger partial charge in [-0.25, -0.2) is 14.2 Å². The van der Waals surface area contributed by atoms with Crippen molar-refractivity contribution in [2.75, 3.05) is 12.3 Å². The van der Waals surface area contributed by atoms with Gasteiger partial charge in [-0.05, 0) is 31.2 Å². The summed E-state index contributed by atoms with van der Waals surface area (Å²) in [6, 6.07) is 6.82. The summed E-state index contributed by atoms with van der Waals surface area (Å²) >= 11 is 0. The Labute approximate surface area is 115 Å². The first kappa shape index (κ1) is 13.8. The van der Waals surface area contributed by atoms with Crippen LogP contribution in [0.4, 0.5) is 10.1 Å². The van der Waals surface area contributed by atoms with E-state index in [1.165, 1.54) is 24.4 Å². The molecule has 104 valence electrons. The molecule has 0 saturated carbocycles. The third-order valence-electron chi connectivity index (χ3n) is 2.44. The lowest BCUT2D eigenvalue weighted by molar-refractivity contribution is 0.0522. The van der Waals surface area contributed by atoms with Crippen molar-refractivity contribution in [3.05, 3.63) is 47.9 Å². The molecule has 5 nitrogen and oxygen atoms in total. The predicted octanol–water partition coefficient (Wildman–Crippen LogP) is 2.77. The smallest absolute Gasteiger partial charge is 0.343 e. The topological polar surface area (TPSA) is 74.4 Å². The molecule has 2 N–H and O–H groups in total. The maximum atomic E-state index is 13.0. The van der Waals surface area contributed by atoms with Gasteiger partial charge in [-0.2, -0.15) is 0 Å². The highest BCUT2D eigenvalue weighted by Gasteiger charge is 2.16. The maximum absolute atomic E-state index is 13.0. The van der Waals surface area contributed by atoms with Crippen molar-refractivity contribution >= 4 is 11.7 Å². The van der Waals surface area contributed by atoms with Crippen LogP contribution in [-0.2, 0) is 4.74 Å². The molecule has 0 aliphatic rings. The van der Waals surface area contributed by atoms with E-state index in [4.69, 9.17) is 15.2 Å². The van der Waals surface area contributed by atoms with Gasteiger partial charge in [0.2, 0.25) is 5.88 Å². The molecule has 0 aliphatic carbocycles. The van der Waals surface area contributed by atoms with Crippen molar-refractivity contribution in [2.45, 2.75) is 6.92 Å². The number of carbonyl (C=O) groups is 1. The van der Waals surface area contributed by atoms with Crippen LogP contribution in [0, 0.1) is 5.82 Å². The number of esters is 1.